The van der Waals surface area contributed by atoms with Crippen molar-refractivity contribution in [1.82, 2.24) is 0 Å². The van der Waals surface area contributed by atoms with E-state index in [1.807, 2.05) is 0 Å². The third-order valence-corrected chi connectivity index (χ3v) is 1.91. The van der Waals surface area contributed by atoms with E-state index in [1.165, 1.54) is 0 Å². The lowest BCUT2D eigenvalue weighted by Gasteiger charge is -2.32. The van der Waals surface area contributed by atoms with Gasteiger partial charge in [0.15, 0.2) is 6.29 Å². The lowest BCUT2D eigenvalue weighted by Crippen LogP contribution is -2.57. The number of aldehydes is 1. The van der Waals surface area contributed by atoms with Gasteiger partial charge in [0.2, 0.25) is 0 Å². The second-order valence-corrected chi connectivity index (χ2v) is 2.98. The molecule has 7 nitrogen and oxygen atoms in total. The summed E-state index contributed by atoms with van der Waals surface area (Å²) in [5.74, 6) is 0. The lowest BCUT2D eigenvalue weighted by atomic mass is 9.92. The van der Waals surface area contributed by atoms with Crippen molar-refractivity contribution in [2.75, 3.05) is 13.2 Å². The summed E-state index contributed by atoms with van der Waals surface area (Å²) >= 11 is 0. The molecule has 0 heterocycles. The molecule has 0 spiro atoms. The number of hydrogen-bond donors (Lipinski definition) is 6. The SMILES string of the molecule is O=C[C@@H](O)[C@@H](O)[C@H](O)C(O)(CO)CO. The van der Waals surface area contributed by atoms with Crippen LogP contribution in [0.5, 0.6) is 0 Å². The minimum atomic E-state index is -2.36. The Labute approximate surface area is 79.9 Å². The highest BCUT2D eigenvalue weighted by Gasteiger charge is 2.41. The van der Waals surface area contributed by atoms with Crippen molar-refractivity contribution in [1.29, 1.82) is 0 Å². The molecule has 0 unspecified atom stereocenters. The molecule has 14 heavy (non-hydrogen) atoms. The number of rotatable bonds is 6. The molecule has 0 aliphatic heterocycles. The van der Waals surface area contributed by atoms with Crippen LogP contribution in [0.1, 0.15) is 0 Å². The zero-order chi connectivity index (χ0) is 11.4. The molecular weight excluding hydrogens is 196 g/mol. The van der Waals surface area contributed by atoms with Gasteiger partial charge in [-0.05, 0) is 0 Å². The molecule has 0 bridgehead atoms. The van der Waals surface area contributed by atoms with Crippen LogP contribution in [-0.4, -0.2) is 74.1 Å². The molecule has 3 atom stereocenters. The molecule has 0 aliphatic carbocycles. The van der Waals surface area contributed by atoms with Gasteiger partial charge in [-0.15, -0.1) is 0 Å². The third-order valence-electron chi connectivity index (χ3n) is 1.91. The Morgan fingerprint density at radius 1 is 1.14 bits per heavy atom. The van der Waals surface area contributed by atoms with E-state index >= 15 is 0 Å². The average Bonchev–Trinajstić information content (AvgIpc) is 2.24. The van der Waals surface area contributed by atoms with Gasteiger partial charge in [-0.3, -0.25) is 0 Å². The monoisotopic (exact) mass is 210 g/mol. The van der Waals surface area contributed by atoms with Crippen LogP contribution in [-0.2, 0) is 4.79 Å². The molecule has 0 aromatic heterocycles. The minimum absolute atomic E-state index is 0.0386. The maximum atomic E-state index is 10.0. The first-order chi connectivity index (χ1) is 6.42. The van der Waals surface area contributed by atoms with E-state index in [9.17, 15) is 15.0 Å². The quantitative estimate of drug-likeness (QED) is 0.245. The van der Waals surface area contributed by atoms with E-state index in [1.54, 1.807) is 0 Å². The largest absolute Gasteiger partial charge is 0.393 e. The summed E-state index contributed by atoms with van der Waals surface area (Å²) < 4.78 is 0. The predicted octanol–water partition coefficient (Wildman–Crippen LogP) is -4.02. The van der Waals surface area contributed by atoms with Crippen LogP contribution in [0.15, 0.2) is 0 Å². The van der Waals surface area contributed by atoms with Crippen LogP contribution in [0.25, 0.3) is 0 Å². The van der Waals surface area contributed by atoms with Crippen molar-refractivity contribution in [3.05, 3.63) is 0 Å². The Morgan fingerprint density at radius 2 is 1.57 bits per heavy atom. The van der Waals surface area contributed by atoms with E-state index in [-0.39, 0.29) is 6.29 Å². The van der Waals surface area contributed by atoms with Gasteiger partial charge < -0.3 is 35.4 Å². The third kappa shape index (κ3) is 2.71. The topological polar surface area (TPSA) is 138 Å². The lowest BCUT2D eigenvalue weighted by molar-refractivity contribution is -0.181. The van der Waals surface area contributed by atoms with Crippen LogP contribution >= 0.6 is 0 Å². The van der Waals surface area contributed by atoms with Crippen molar-refractivity contribution in [3.8, 4) is 0 Å². The van der Waals surface area contributed by atoms with Gasteiger partial charge in [-0.1, -0.05) is 0 Å². The Bertz CT molecular complexity index is 179. The summed E-state index contributed by atoms with van der Waals surface area (Å²) in [7, 11) is 0. The van der Waals surface area contributed by atoms with Gasteiger partial charge in [-0.25, -0.2) is 0 Å². The smallest absolute Gasteiger partial charge is 0.151 e. The summed E-state index contributed by atoms with van der Waals surface area (Å²) in [6, 6.07) is 0. The van der Waals surface area contributed by atoms with E-state index in [0.717, 1.165) is 0 Å². The van der Waals surface area contributed by atoms with Gasteiger partial charge in [0.25, 0.3) is 0 Å². The standard InChI is InChI=1S/C7H14O7/c8-1-4(11)5(12)6(13)7(14,2-9)3-10/h1,4-6,9-14H,2-3H2/t4-,5-,6+/m1/s1. The maximum Gasteiger partial charge on any atom is 0.151 e. The number of hydrogen-bond acceptors (Lipinski definition) is 7. The molecule has 0 aromatic rings. The summed E-state index contributed by atoms with van der Waals surface area (Å²) in [5, 5.41) is 53.6. The molecule has 0 aliphatic rings. The van der Waals surface area contributed by atoms with E-state index in [4.69, 9.17) is 20.4 Å². The van der Waals surface area contributed by atoms with Gasteiger partial charge in [0.05, 0.1) is 13.2 Å². The first-order valence-corrected chi connectivity index (χ1v) is 3.86. The fourth-order valence-corrected chi connectivity index (χ4v) is 0.822. The minimum Gasteiger partial charge on any atom is -0.393 e. The first-order valence-electron chi connectivity index (χ1n) is 3.86. The van der Waals surface area contributed by atoms with Crippen molar-refractivity contribution in [3.63, 3.8) is 0 Å². The van der Waals surface area contributed by atoms with Gasteiger partial charge in [0.1, 0.15) is 23.9 Å². The second-order valence-electron chi connectivity index (χ2n) is 2.98. The number of aliphatic hydroxyl groups excluding tert-OH is 5. The first kappa shape index (κ1) is 13.4. The van der Waals surface area contributed by atoms with Gasteiger partial charge in [0, 0.05) is 0 Å². The summed E-state index contributed by atoms with van der Waals surface area (Å²) in [4.78, 5) is 10.0. The molecule has 0 aromatic carbocycles. The van der Waals surface area contributed by atoms with Crippen LogP contribution < -0.4 is 0 Å². The highest BCUT2D eigenvalue weighted by molar-refractivity contribution is 5.56. The number of aliphatic hydroxyl groups is 6. The second kappa shape index (κ2) is 5.35. The van der Waals surface area contributed by atoms with E-state index in [0.29, 0.717) is 0 Å². The normalized spacial score (nSPS) is 18.7. The van der Waals surface area contributed by atoms with E-state index < -0.39 is 37.1 Å². The summed E-state index contributed by atoms with van der Waals surface area (Å²) in [6.07, 6.45) is -5.94. The van der Waals surface area contributed by atoms with E-state index in [2.05, 4.69) is 0 Å². The van der Waals surface area contributed by atoms with Crippen LogP contribution in [0, 0.1) is 0 Å². The number of carbonyl (C=O) groups is 1. The molecule has 0 amide bonds. The average molecular weight is 210 g/mol. The molecule has 0 radical (unpaired) electrons. The summed E-state index contributed by atoms with van der Waals surface area (Å²) in [5.41, 5.74) is -2.36. The predicted molar refractivity (Wildman–Crippen MR) is 43.2 cm³/mol. The zero-order valence-corrected chi connectivity index (χ0v) is 7.32. The Hall–Kier alpha value is -0.570. The molecule has 84 valence electrons. The van der Waals surface area contributed by atoms with Crippen LogP contribution in [0.3, 0.4) is 0 Å². The van der Waals surface area contributed by atoms with Gasteiger partial charge in [-0.2, -0.15) is 0 Å². The summed E-state index contributed by atoms with van der Waals surface area (Å²) in [6.45, 7) is -2.04. The van der Waals surface area contributed by atoms with Gasteiger partial charge >= 0.3 is 0 Å². The molecule has 7 heteroatoms. The molecule has 6 N–H and O–H groups in total. The Balaban J connectivity index is 4.57. The Kier molecular flexibility index (Phi) is 5.13. The van der Waals surface area contributed by atoms with Crippen molar-refractivity contribution in [2.45, 2.75) is 23.9 Å². The van der Waals surface area contributed by atoms with Crippen LogP contribution in [0.4, 0.5) is 0 Å². The van der Waals surface area contributed by atoms with Crippen molar-refractivity contribution in [2.24, 2.45) is 0 Å². The molecular formula is C7H14O7. The molecule has 0 saturated heterocycles. The Morgan fingerprint density at radius 3 is 1.86 bits per heavy atom. The fourth-order valence-electron chi connectivity index (χ4n) is 0.822. The molecule has 0 rings (SSSR count). The maximum absolute atomic E-state index is 10.0. The van der Waals surface area contributed by atoms with Crippen molar-refractivity contribution < 1.29 is 35.4 Å². The highest BCUT2D eigenvalue weighted by Crippen LogP contribution is 2.14. The number of carbonyl (C=O) groups excluding carboxylic acids is 1. The molecule has 0 saturated carbocycles. The highest BCUT2D eigenvalue weighted by atomic mass is 16.4. The molecule has 0 fully saturated rings. The zero-order valence-electron chi connectivity index (χ0n) is 7.32. The van der Waals surface area contributed by atoms with Crippen LogP contribution in [0.2, 0.25) is 0 Å². The van der Waals surface area contributed by atoms with Crippen molar-refractivity contribution >= 4 is 6.29 Å². The fraction of sp³-hybridized carbons (Fsp3) is 0.857.